The van der Waals surface area contributed by atoms with Crippen LogP contribution in [0.3, 0.4) is 0 Å². The Morgan fingerprint density at radius 3 is 2.12 bits per heavy atom. The lowest BCUT2D eigenvalue weighted by molar-refractivity contribution is -0.118. The number of rotatable bonds is 2. The first-order chi connectivity index (χ1) is 7.59. The van der Waals surface area contributed by atoms with Crippen LogP contribution in [-0.2, 0) is 4.79 Å². The first-order valence-electron chi connectivity index (χ1n) is 5.82. The zero-order valence-corrected chi connectivity index (χ0v) is 12.2. The molecule has 0 aliphatic heterocycles. The number of carbonyl (C=O) groups is 1. The fourth-order valence-electron chi connectivity index (χ4n) is 0.661. The summed E-state index contributed by atoms with van der Waals surface area (Å²) in [6.45, 7) is 13.6. The number of hydrogen-bond donors (Lipinski definition) is 1. The molecule has 1 rings (SSSR count). The van der Waals surface area contributed by atoms with Crippen LogP contribution in [0.1, 0.15) is 47.2 Å². The van der Waals surface area contributed by atoms with E-state index in [0.717, 1.165) is 5.69 Å². The first-order valence-corrected chi connectivity index (χ1v) is 6.70. The fraction of sp³-hybridized carbons (Fsp3) is 0.667. The molecule has 0 atom stereocenters. The Kier molecular flexibility index (Phi) is 11.6. The highest BCUT2D eigenvalue weighted by Crippen LogP contribution is 2.14. The molecule has 0 bridgehead atoms. The summed E-state index contributed by atoms with van der Waals surface area (Å²) in [6.07, 6.45) is 0. The molecule has 0 fully saturated rings. The van der Waals surface area contributed by atoms with Gasteiger partial charge in [-0.05, 0) is 6.92 Å². The quantitative estimate of drug-likeness (QED) is 0.851. The number of aromatic nitrogens is 1. The van der Waals surface area contributed by atoms with Gasteiger partial charge in [0.15, 0.2) is 5.13 Å². The van der Waals surface area contributed by atoms with Crippen molar-refractivity contribution < 1.29 is 4.79 Å². The number of nitrogens with zero attached hydrogens (tertiary/aromatic N) is 1. The monoisotopic (exact) mass is 244 g/mol. The van der Waals surface area contributed by atoms with Crippen LogP contribution in [0.4, 0.5) is 5.13 Å². The molecule has 4 heteroatoms. The lowest BCUT2D eigenvalue weighted by atomic mass is 10.2. The third kappa shape index (κ3) is 7.40. The molecule has 3 nitrogen and oxygen atoms in total. The number of amides is 1. The second-order valence-corrected chi connectivity index (χ2v) is 3.80. The van der Waals surface area contributed by atoms with Gasteiger partial charge in [0.2, 0.25) is 5.91 Å². The summed E-state index contributed by atoms with van der Waals surface area (Å²) < 4.78 is 0. The molecule has 0 saturated carbocycles. The number of thiazole rings is 1. The normalized spacial score (nSPS) is 8.50. The second-order valence-electron chi connectivity index (χ2n) is 2.94. The molecule has 1 aromatic rings. The lowest BCUT2D eigenvalue weighted by Gasteiger charge is -2.02. The Morgan fingerprint density at radius 2 is 1.81 bits per heavy atom. The van der Waals surface area contributed by atoms with Crippen molar-refractivity contribution in [1.29, 1.82) is 0 Å². The SMILES string of the molecule is CC.CC.Cc1csc(NC(=O)C(C)C)n1. The molecule has 0 unspecified atom stereocenters. The van der Waals surface area contributed by atoms with Crippen LogP contribution in [0.15, 0.2) is 5.38 Å². The predicted molar refractivity (Wildman–Crippen MR) is 73.0 cm³/mol. The summed E-state index contributed by atoms with van der Waals surface area (Å²) in [7, 11) is 0. The van der Waals surface area contributed by atoms with E-state index in [4.69, 9.17) is 0 Å². The van der Waals surface area contributed by atoms with E-state index in [9.17, 15) is 4.79 Å². The maximum atomic E-state index is 11.2. The molecule has 1 heterocycles. The molecule has 1 N–H and O–H groups in total. The summed E-state index contributed by atoms with van der Waals surface area (Å²) in [5.41, 5.74) is 0.944. The second kappa shape index (κ2) is 10.6. The highest BCUT2D eigenvalue weighted by atomic mass is 32.1. The van der Waals surface area contributed by atoms with Gasteiger partial charge in [-0.1, -0.05) is 41.5 Å². The minimum Gasteiger partial charge on any atom is -0.302 e. The zero-order valence-electron chi connectivity index (χ0n) is 11.4. The van der Waals surface area contributed by atoms with Crippen molar-refractivity contribution in [2.45, 2.75) is 48.5 Å². The van der Waals surface area contributed by atoms with E-state index < -0.39 is 0 Å². The van der Waals surface area contributed by atoms with Gasteiger partial charge >= 0.3 is 0 Å². The molecule has 0 aliphatic rings. The van der Waals surface area contributed by atoms with Crippen LogP contribution in [0, 0.1) is 12.8 Å². The molecule has 0 aliphatic carbocycles. The van der Waals surface area contributed by atoms with Gasteiger partial charge in [-0.25, -0.2) is 4.98 Å². The number of aryl methyl sites for hydroxylation is 1. The topological polar surface area (TPSA) is 42.0 Å². The average Bonchev–Trinajstić information content (AvgIpc) is 2.69. The highest BCUT2D eigenvalue weighted by molar-refractivity contribution is 7.13. The molecule has 1 aromatic heterocycles. The highest BCUT2D eigenvalue weighted by Gasteiger charge is 2.08. The van der Waals surface area contributed by atoms with E-state index in [2.05, 4.69) is 10.3 Å². The fourth-order valence-corrected chi connectivity index (χ4v) is 1.35. The van der Waals surface area contributed by atoms with Crippen molar-refractivity contribution in [3.63, 3.8) is 0 Å². The molecule has 94 valence electrons. The van der Waals surface area contributed by atoms with Crippen LogP contribution in [0.5, 0.6) is 0 Å². The van der Waals surface area contributed by atoms with E-state index in [1.165, 1.54) is 11.3 Å². The molecule has 0 saturated heterocycles. The van der Waals surface area contributed by atoms with Crippen LogP contribution in [-0.4, -0.2) is 10.9 Å². The smallest absolute Gasteiger partial charge is 0.228 e. The molecular weight excluding hydrogens is 220 g/mol. The van der Waals surface area contributed by atoms with Crippen molar-refractivity contribution >= 4 is 22.4 Å². The lowest BCUT2D eigenvalue weighted by Crippen LogP contribution is -2.17. The summed E-state index contributed by atoms with van der Waals surface area (Å²) in [4.78, 5) is 15.3. The standard InChI is InChI=1S/C8H12N2OS.2C2H6/c1-5(2)7(11)10-8-9-6(3)4-12-8;2*1-2/h4-5H,1-3H3,(H,9,10,11);2*1-2H3. The molecule has 1 amide bonds. The molecule has 0 radical (unpaired) electrons. The van der Waals surface area contributed by atoms with Gasteiger partial charge in [0, 0.05) is 11.3 Å². The van der Waals surface area contributed by atoms with Crippen molar-refractivity contribution in [2.24, 2.45) is 5.92 Å². The van der Waals surface area contributed by atoms with E-state index in [1.807, 2.05) is 53.8 Å². The van der Waals surface area contributed by atoms with Crippen molar-refractivity contribution in [1.82, 2.24) is 4.98 Å². The van der Waals surface area contributed by atoms with E-state index in [-0.39, 0.29) is 11.8 Å². The number of carbonyl (C=O) groups excluding carboxylic acids is 1. The summed E-state index contributed by atoms with van der Waals surface area (Å²) in [5.74, 6) is 0.0264. The number of nitrogens with one attached hydrogen (secondary N) is 1. The minimum absolute atomic E-state index is 0.00852. The van der Waals surface area contributed by atoms with Crippen molar-refractivity contribution in [3.8, 4) is 0 Å². The molecule has 16 heavy (non-hydrogen) atoms. The van der Waals surface area contributed by atoms with Gasteiger partial charge in [-0.15, -0.1) is 11.3 Å². The van der Waals surface area contributed by atoms with E-state index in [1.54, 1.807) is 0 Å². The average molecular weight is 244 g/mol. The van der Waals surface area contributed by atoms with Gasteiger partial charge in [0.25, 0.3) is 0 Å². The summed E-state index contributed by atoms with van der Waals surface area (Å²) in [5, 5.41) is 5.33. The van der Waals surface area contributed by atoms with E-state index in [0.29, 0.717) is 5.13 Å². The first kappa shape index (κ1) is 17.5. The van der Waals surface area contributed by atoms with Gasteiger partial charge in [0.1, 0.15) is 0 Å². The van der Waals surface area contributed by atoms with Gasteiger partial charge < -0.3 is 5.32 Å². The van der Waals surface area contributed by atoms with Crippen LogP contribution >= 0.6 is 11.3 Å². The minimum atomic E-state index is 0.00852. The Hall–Kier alpha value is -0.900. The Labute approximate surface area is 103 Å². The Morgan fingerprint density at radius 1 is 1.31 bits per heavy atom. The van der Waals surface area contributed by atoms with Crippen LogP contribution in [0.2, 0.25) is 0 Å². The van der Waals surface area contributed by atoms with E-state index >= 15 is 0 Å². The van der Waals surface area contributed by atoms with Gasteiger partial charge in [0.05, 0.1) is 5.69 Å². The zero-order chi connectivity index (χ0) is 13.1. The van der Waals surface area contributed by atoms with Crippen molar-refractivity contribution in [2.75, 3.05) is 5.32 Å². The largest absolute Gasteiger partial charge is 0.302 e. The van der Waals surface area contributed by atoms with Crippen LogP contribution < -0.4 is 5.32 Å². The number of anilines is 1. The molecule has 0 spiro atoms. The Balaban J connectivity index is 0. The van der Waals surface area contributed by atoms with Crippen LogP contribution in [0.25, 0.3) is 0 Å². The molecule has 0 aromatic carbocycles. The Bertz CT molecular complexity index is 282. The predicted octanol–water partition coefficient (Wildman–Crippen LogP) is 4.10. The number of hydrogen-bond acceptors (Lipinski definition) is 3. The maximum Gasteiger partial charge on any atom is 0.228 e. The van der Waals surface area contributed by atoms with Gasteiger partial charge in [-0.2, -0.15) is 0 Å². The maximum absolute atomic E-state index is 11.2. The van der Waals surface area contributed by atoms with Crippen molar-refractivity contribution in [3.05, 3.63) is 11.1 Å². The third-order valence-electron chi connectivity index (χ3n) is 1.37. The molecular formula is C12H24N2OS. The third-order valence-corrected chi connectivity index (χ3v) is 2.25. The summed E-state index contributed by atoms with van der Waals surface area (Å²) in [6, 6.07) is 0. The summed E-state index contributed by atoms with van der Waals surface area (Å²) >= 11 is 1.45. The van der Waals surface area contributed by atoms with Gasteiger partial charge in [-0.3, -0.25) is 4.79 Å².